The lowest BCUT2D eigenvalue weighted by Crippen LogP contribution is -2.55. The van der Waals surface area contributed by atoms with Gasteiger partial charge in [0.1, 0.15) is 11.6 Å². The molecule has 3 aromatic rings. The van der Waals surface area contributed by atoms with Crippen LogP contribution in [-0.4, -0.2) is 102 Å². The van der Waals surface area contributed by atoms with Crippen molar-refractivity contribution >= 4 is 17.8 Å². The van der Waals surface area contributed by atoms with Crippen molar-refractivity contribution in [3.63, 3.8) is 0 Å². The third-order valence-corrected chi connectivity index (χ3v) is 7.58. The predicted octanol–water partition coefficient (Wildman–Crippen LogP) is 2.85. The highest BCUT2D eigenvalue weighted by atomic mass is 16.5. The topological polar surface area (TPSA) is 107 Å². The van der Waals surface area contributed by atoms with Gasteiger partial charge in [-0.1, -0.05) is 12.1 Å². The summed E-state index contributed by atoms with van der Waals surface area (Å²) in [6.07, 6.45) is 4.85. The predicted molar refractivity (Wildman–Crippen MR) is 147 cm³/mol. The number of ether oxygens (including phenoxy) is 2. The van der Waals surface area contributed by atoms with Crippen LogP contribution in [0, 0.1) is 0 Å². The number of carbonyl (C=O) groups is 2. The number of hydrogen-bond acceptors (Lipinski definition) is 7. The molecule has 3 amide bonds. The summed E-state index contributed by atoms with van der Waals surface area (Å²) in [4.78, 5) is 39.0. The Morgan fingerprint density at radius 1 is 1.13 bits per heavy atom. The molecule has 0 bridgehead atoms. The van der Waals surface area contributed by atoms with Gasteiger partial charge in [0, 0.05) is 37.0 Å². The van der Waals surface area contributed by atoms with Crippen molar-refractivity contribution < 1.29 is 19.1 Å². The lowest BCUT2D eigenvalue weighted by Gasteiger charge is -2.44. The SMILES string of the molecule is COc1cccc(CN2C(=O)N(c3ccc(-c4cn[nH]c4)c(OC)n3)CC23CCN(C(=O)CN(C)C)CC3)c1. The van der Waals surface area contributed by atoms with E-state index in [0.29, 0.717) is 57.3 Å². The number of carbonyl (C=O) groups excluding carboxylic acids is 2. The van der Waals surface area contributed by atoms with Gasteiger partial charge in [0.15, 0.2) is 0 Å². The zero-order valence-corrected chi connectivity index (χ0v) is 22.9. The summed E-state index contributed by atoms with van der Waals surface area (Å²) in [5, 5.41) is 6.83. The summed E-state index contributed by atoms with van der Waals surface area (Å²) < 4.78 is 11.0. The van der Waals surface area contributed by atoms with E-state index in [0.717, 1.165) is 22.4 Å². The molecule has 0 saturated carbocycles. The molecule has 39 heavy (non-hydrogen) atoms. The molecule has 0 radical (unpaired) electrons. The highest BCUT2D eigenvalue weighted by Gasteiger charge is 2.52. The molecule has 11 heteroatoms. The molecule has 0 unspecified atom stereocenters. The quantitative estimate of drug-likeness (QED) is 0.475. The molecular weight excluding hydrogens is 498 g/mol. The van der Waals surface area contributed by atoms with Crippen LogP contribution >= 0.6 is 0 Å². The lowest BCUT2D eigenvalue weighted by atomic mass is 9.86. The van der Waals surface area contributed by atoms with Gasteiger partial charge in [-0.15, -0.1) is 0 Å². The number of rotatable bonds is 8. The van der Waals surface area contributed by atoms with Crippen molar-refractivity contribution in [2.45, 2.75) is 24.9 Å². The number of amides is 3. The number of methoxy groups -OCH3 is 2. The fraction of sp³-hybridized carbons (Fsp3) is 0.429. The summed E-state index contributed by atoms with van der Waals surface area (Å²) in [6, 6.07) is 11.4. The van der Waals surface area contributed by atoms with E-state index < -0.39 is 5.54 Å². The molecular formula is C28H35N7O4. The van der Waals surface area contributed by atoms with Gasteiger partial charge in [-0.25, -0.2) is 4.79 Å². The number of anilines is 1. The van der Waals surface area contributed by atoms with Crippen molar-refractivity contribution in [1.29, 1.82) is 0 Å². The normalized spacial score (nSPS) is 16.8. The van der Waals surface area contributed by atoms with Crippen LogP contribution in [0.4, 0.5) is 10.6 Å². The van der Waals surface area contributed by atoms with Gasteiger partial charge in [-0.2, -0.15) is 10.1 Å². The van der Waals surface area contributed by atoms with Crippen LogP contribution in [0.1, 0.15) is 18.4 Å². The second kappa shape index (κ2) is 10.9. The van der Waals surface area contributed by atoms with Crippen LogP contribution in [0.15, 0.2) is 48.8 Å². The van der Waals surface area contributed by atoms with Gasteiger partial charge in [0.2, 0.25) is 11.8 Å². The van der Waals surface area contributed by atoms with Crippen LogP contribution in [0.3, 0.4) is 0 Å². The molecule has 1 spiro atoms. The third-order valence-electron chi connectivity index (χ3n) is 7.58. The minimum atomic E-state index is -0.437. The monoisotopic (exact) mass is 533 g/mol. The number of hydrogen-bond donors (Lipinski definition) is 1. The Bertz CT molecular complexity index is 1320. The maximum atomic E-state index is 14.0. The smallest absolute Gasteiger partial charge is 0.326 e. The summed E-state index contributed by atoms with van der Waals surface area (Å²) in [6.45, 7) is 2.48. The zero-order valence-electron chi connectivity index (χ0n) is 22.9. The molecule has 2 aliphatic heterocycles. The number of nitrogens with one attached hydrogen (secondary N) is 1. The maximum absolute atomic E-state index is 14.0. The molecule has 206 valence electrons. The average molecular weight is 534 g/mol. The largest absolute Gasteiger partial charge is 0.497 e. The number of likely N-dealkylation sites (N-methyl/N-ethyl adjacent to an activating group) is 1. The molecule has 2 aromatic heterocycles. The van der Waals surface area contributed by atoms with Gasteiger partial charge in [-0.05, 0) is 56.8 Å². The molecule has 2 saturated heterocycles. The van der Waals surface area contributed by atoms with Crippen molar-refractivity contribution in [2.75, 3.05) is 59.4 Å². The van der Waals surface area contributed by atoms with Crippen molar-refractivity contribution in [3.05, 3.63) is 54.4 Å². The summed E-state index contributed by atoms with van der Waals surface area (Å²) >= 11 is 0. The number of aromatic nitrogens is 3. The Morgan fingerprint density at radius 2 is 1.92 bits per heavy atom. The second-order valence-corrected chi connectivity index (χ2v) is 10.4. The van der Waals surface area contributed by atoms with E-state index in [9.17, 15) is 9.59 Å². The highest BCUT2D eigenvalue weighted by molar-refractivity contribution is 5.95. The Kier molecular flexibility index (Phi) is 7.42. The highest BCUT2D eigenvalue weighted by Crippen LogP contribution is 2.40. The van der Waals surface area contributed by atoms with Crippen LogP contribution in [0.2, 0.25) is 0 Å². The van der Waals surface area contributed by atoms with Crippen LogP contribution in [0.25, 0.3) is 11.1 Å². The van der Waals surface area contributed by atoms with Crippen molar-refractivity contribution in [1.82, 2.24) is 29.9 Å². The number of nitrogens with zero attached hydrogens (tertiary/aromatic N) is 6. The summed E-state index contributed by atoms with van der Waals surface area (Å²) in [7, 11) is 6.99. The van der Waals surface area contributed by atoms with E-state index in [1.54, 1.807) is 31.5 Å². The molecule has 2 fully saturated rings. The first kappa shape index (κ1) is 26.5. The van der Waals surface area contributed by atoms with E-state index in [1.807, 2.05) is 65.2 Å². The Morgan fingerprint density at radius 3 is 2.59 bits per heavy atom. The van der Waals surface area contributed by atoms with Gasteiger partial charge in [0.25, 0.3) is 0 Å². The molecule has 0 atom stereocenters. The minimum absolute atomic E-state index is 0.108. The second-order valence-electron chi connectivity index (χ2n) is 10.4. The van der Waals surface area contributed by atoms with E-state index in [-0.39, 0.29) is 11.9 Å². The number of benzene rings is 1. The number of pyridine rings is 1. The van der Waals surface area contributed by atoms with Gasteiger partial charge < -0.3 is 24.2 Å². The van der Waals surface area contributed by atoms with Gasteiger partial charge in [-0.3, -0.25) is 14.8 Å². The molecule has 0 aliphatic carbocycles. The van der Waals surface area contributed by atoms with Crippen LogP contribution in [-0.2, 0) is 11.3 Å². The Hall–Kier alpha value is -4.12. The maximum Gasteiger partial charge on any atom is 0.326 e. The van der Waals surface area contributed by atoms with Gasteiger partial charge in [0.05, 0.1) is 39.0 Å². The molecule has 11 nitrogen and oxygen atoms in total. The molecule has 5 rings (SSSR count). The number of piperidine rings is 1. The fourth-order valence-electron chi connectivity index (χ4n) is 5.49. The van der Waals surface area contributed by atoms with E-state index in [4.69, 9.17) is 14.5 Å². The van der Waals surface area contributed by atoms with E-state index in [2.05, 4.69) is 10.2 Å². The Labute approximate surface area is 228 Å². The zero-order chi connectivity index (χ0) is 27.6. The first-order valence-corrected chi connectivity index (χ1v) is 13.0. The average Bonchev–Trinajstić information content (AvgIpc) is 3.57. The third kappa shape index (κ3) is 5.26. The Balaban J connectivity index is 1.45. The van der Waals surface area contributed by atoms with Gasteiger partial charge >= 0.3 is 6.03 Å². The first-order chi connectivity index (χ1) is 18.8. The first-order valence-electron chi connectivity index (χ1n) is 13.0. The minimum Gasteiger partial charge on any atom is -0.497 e. The lowest BCUT2D eigenvalue weighted by molar-refractivity contribution is -0.134. The number of aromatic amines is 1. The molecule has 1 N–H and O–H groups in total. The summed E-state index contributed by atoms with van der Waals surface area (Å²) in [5.41, 5.74) is 2.19. The molecule has 2 aliphatic rings. The molecule has 1 aromatic carbocycles. The summed E-state index contributed by atoms with van der Waals surface area (Å²) in [5.74, 6) is 1.81. The molecule has 4 heterocycles. The van der Waals surface area contributed by atoms with Crippen molar-refractivity contribution in [3.8, 4) is 22.8 Å². The fourth-order valence-corrected chi connectivity index (χ4v) is 5.49. The van der Waals surface area contributed by atoms with E-state index >= 15 is 0 Å². The number of likely N-dealkylation sites (tertiary alicyclic amines) is 1. The number of H-pyrrole nitrogens is 1. The van der Waals surface area contributed by atoms with Crippen LogP contribution in [0.5, 0.6) is 11.6 Å². The van der Waals surface area contributed by atoms with Crippen molar-refractivity contribution in [2.24, 2.45) is 0 Å². The standard InChI is InChI=1S/C28H35N7O4/c1-32(2)18-25(36)33-12-10-28(11-13-33)19-34(27(37)35(28)17-20-6-5-7-22(14-20)38-3)24-9-8-23(26(31-24)39-4)21-15-29-30-16-21/h5-9,14-16H,10-13,17-19H2,1-4H3,(H,29,30). The number of urea groups is 1. The van der Waals surface area contributed by atoms with E-state index in [1.165, 1.54) is 0 Å². The van der Waals surface area contributed by atoms with Crippen LogP contribution < -0.4 is 14.4 Å².